The van der Waals surface area contributed by atoms with Gasteiger partial charge in [0.1, 0.15) is 5.76 Å². The third-order valence-electron chi connectivity index (χ3n) is 2.39. The van der Waals surface area contributed by atoms with E-state index in [9.17, 15) is 0 Å². The molecule has 0 N–H and O–H groups in total. The van der Waals surface area contributed by atoms with Crippen LogP contribution in [-0.4, -0.2) is 13.4 Å². The third-order valence-corrected chi connectivity index (χ3v) is 2.39. The molecule has 0 aromatic carbocycles. The van der Waals surface area contributed by atoms with Crippen LogP contribution >= 0.6 is 0 Å². The molecule has 1 heterocycles. The minimum Gasteiger partial charge on any atom is -0.468 e. The molecule has 2 heteroatoms. The van der Waals surface area contributed by atoms with E-state index >= 15 is 0 Å². The molecule has 0 amide bonds. The lowest BCUT2D eigenvalue weighted by Crippen LogP contribution is -2.01. The van der Waals surface area contributed by atoms with Crippen molar-refractivity contribution in [3.8, 4) is 0 Å². The Morgan fingerprint density at radius 1 is 1.42 bits per heavy atom. The van der Waals surface area contributed by atoms with Crippen molar-refractivity contribution in [1.82, 2.24) is 0 Å². The summed E-state index contributed by atoms with van der Waals surface area (Å²) in [4.78, 5) is 0. The van der Waals surface area contributed by atoms with Gasteiger partial charge in [0.2, 0.25) is 0 Å². The van der Waals surface area contributed by atoms with Crippen molar-refractivity contribution >= 4 is 0 Å². The van der Waals surface area contributed by atoms with Gasteiger partial charge in [0.05, 0.1) is 6.61 Å². The van der Waals surface area contributed by atoms with E-state index in [0.717, 1.165) is 25.2 Å². The van der Waals surface area contributed by atoms with Crippen molar-refractivity contribution in [3.05, 3.63) is 23.0 Å². The zero-order chi connectivity index (χ0) is 8.39. The summed E-state index contributed by atoms with van der Waals surface area (Å²) in [5.74, 6) is 1.07. The fourth-order valence-corrected chi connectivity index (χ4v) is 1.72. The van der Waals surface area contributed by atoms with Gasteiger partial charge >= 0.3 is 0 Å². The molecule has 12 heavy (non-hydrogen) atoms. The number of ether oxygens (including phenoxy) is 2. The van der Waals surface area contributed by atoms with E-state index in [4.69, 9.17) is 9.47 Å². The third kappa shape index (κ3) is 1.39. The Morgan fingerprint density at radius 3 is 3.25 bits per heavy atom. The zero-order valence-electron chi connectivity index (χ0n) is 7.43. The highest BCUT2D eigenvalue weighted by Crippen LogP contribution is 2.29. The van der Waals surface area contributed by atoms with Crippen LogP contribution in [0, 0.1) is 0 Å². The van der Waals surface area contributed by atoms with Crippen molar-refractivity contribution in [2.45, 2.75) is 26.2 Å². The first-order valence-corrected chi connectivity index (χ1v) is 4.47. The fourth-order valence-electron chi connectivity index (χ4n) is 1.72. The lowest BCUT2D eigenvalue weighted by molar-refractivity contribution is -0.00455. The minimum absolute atomic E-state index is 0.409. The molecule has 0 bridgehead atoms. The quantitative estimate of drug-likeness (QED) is 0.550. The molecule has 66 valence electrons. The standard InChI is InChI=1S/C10H14O2/c1-8-6-11-7-12-10-5-3-2-4-9(8)10/h5H,2-4,6-7H2,1H3. The molecule has 0 fully saturated rings. The van der Waals surface area contributed by atoms with Gasteiger partial charge in [0, 0.05) is 0 Å². The summed E-state index contributed by atoms with van der Waals surface area (Å²) >= 11 is 0. The second kappa shape index (κ2) is 3.31. The summed E-state index contributed by atoms with van der Waals surface area (Å²) in [6.45, 7) is 3.27. The van der Waals surface area contributed by atoms with Crippen LogP contribution in [-0.2, 0) is 9.47 Å². The van der Waals surface area contributed by atoms with Crippen LogP contribution in [0.3, 0.4) is 0 Å². The Kier molecular flexibility index (Phi) is 2.17. The van der Waals surface area contributed by atoms with Crippen LogP contribution in [0.2, 0.25) is 0 Å². The largest absolute Gasteiger partial charge is 0.468 e. The molecule has 0 atom stereocenters. The van der Waals surface area contributed by atoms with E-state index in [0.29, 0.717) is 6.79 Å². The Morgan fingerprint density at radius 2 is 2.33 bits per heavy atom. The topological polar surface area (TPSA) is 18.5 Å². The van der Waals surface area contributed by atoms with Crippen molar-refractivity contribution in [1.29, 1.82) is 0 Å². The summed E-state index contributed by atoms with van der Waals surface area (Å²) in [6, 6.07) is 0. The van der Waals surface area contributed by atoms with E-state index < -0.39 is 0 Å². The van der Waals surface area contributed by atoms with Gasteiger partial charge in [-0.1, -0.05) is 0 Å². The van der Waals surface area contributed by atoms with Gasteiger partial charge in [-0.05, 0) is 43.4 Å². The Labute approximate surface area is 72.9 Å². The van der Waals surface area contributed by atoms with E-state index in [-0.39, 0.29) is 0 Å². The predicted molar refractivity (Wildman–Crippen MR) is 46.5 cm³/mol. The monoisotopic (exact) mass is 166 g/mol. The molecule has 0 spiro atoms. The second-order valence-corrected chi connectivity index (χ2v) is 3.33. The maximum atomic E-state index is 5.46. The molecule has 0 aromatic rings. The number of hydrogen-bond donors (Lipinski definition) is 0. The van der Waals surface area contributed by atoms with Crippen LogP contribution in [0.5, 0.6) is 0 Å². The van der Waals surface area contributed by atoms with Crippen molar-refractivity contribution in [3.63, 3.8) is 0 Å². The molecular formula is C10H14O2. The Hall–Kier alpha value is -0.760. The van der Waals surface area contributed by atoms with Gasteiger partial charge in [0.15, 0.2) is 6.79 Å². The second-order valence-electron chi connectivity index (χ2n) is 3.33. The first kappa shape index (κ1) is 7.87. The molecule has 1 aliphatic carbocycles. The van der Waals surface area contributed by atoms with Gasteiger partial charge in [0.25, 0.3) is 0 Å². The molecular weight excluding hydrogens is 152 g/mol. The van der Waals surface area contributed by atoms with Crippen molar-refractivity contribution in [2.75, 3.05) is 13.4 Å². The molecule has 0 radical (unpaired) electrons. The van der Waals surface area contributed by atoms with Crippen LogP contribution in [0.25, 0.3) is 0 Å². The van der Waals surface area contributed by atoms with E-state index in [2.05, 4.69) is 13.0 Å². The van der Waals surface area contributed by atoms with E-state index in [1.165, 1.54) is 17.6 Å². The number of rotatable bonds is 0. The highest BCUT2D eigenvalue weighted by Gasteiger charge is 2.16. The zero-order valence-corrected chi connectivity index (χ0v) is 7.43. The number of hydrogen-bond acceptors (Lipinski definition) is 2. The molecule has 2 nitrogen and oxygen atoms in total. The molecule has 2 aliphatic rings. The van der Waals surface area contributed by atoms with Gasteiger partial charge in [-0.15, -0.1) is 0 Å². The van der Waals surface area contributed by atoms with Crippen molar-refractivity contribution in [2.24, 2.45) is 0 Å². The molecule has 0 aromatic heterocycles. The van der Waals surface area contributed by atoms with Gasteiger partial charge in [-0.3, -0.25) is 0 Å². The van der Waals surface area contributed by atoms with Crippen LogP contribution in [0.4, 0.5) is 0 Å². The highest BCUT2D eigenvalue weighted by atomic mass is 16.7. The van der Waals surface area contributed by atoms with Gasteiger partial charge < -0.3 is 9.47 Å². The molecule has 2 rings (SSSR count). The predicted octanol–water partition coefficient (Wildman–Crippen LogP) is 2.38. The van der Waals surface area contributed by atoms with Crippen LogP contribution < -0.4 is 0 Å². The minimum atomic E-state index is 0.409. The average molecular weight is 166 g/mol. The molecule has 0 saturated carbocycles. The number of allylic oxidation sites excluding steroid dienone is 2. The van der Waals surface area contributed by atoms with Crippen LogP contribution in [0.1, 0.15) is 26.2 Å². The molecule has 1 aliphatic heterocycles. The average Bonchev–Trinajstić information content (AvgIpc) is 2.29. The Bertz CT molecular complexity index is 238. The maximum Gasteiger partial charge on any atom is 0.189 e. The SMILES string of the molecule is CC1=C2CCCC=C2OCOC1. The van der Waals surface area contributed by atoms with Gasteiger partial charge in [-0.25, -0.2) is 0 Å². The van der Waals surface area contributed by atoms with Gasteiger partial charge in [-0.2, -0.15) is 0 Å². The fraction of sp³-hybridized carbons (Fsp3) is 0.600. The summed E-state index contributed by atoms with van der Waals surface area (Å²) in [5, 5.41) is 0. The van der Waals surface area contributed by atoms with Crippen LogP contribution in [0.15, 0.2) is 23.0 Å². The highest BCUT2D eigenvalue weighted by molar-refractivity contribution is 5.33. The summed E-state index contributed by atoms with van der Waals surface area (Å²) in [5.41, 5.74) is 2.71. The van der Waals surface area contributed by atoms with E-state index in [1.54, 1.807) is 0 Å². The lowest BCUT2D eigenvalue weighted by atomic mass is 9.96. The smallest absolute Gasteiger partial charge is 0.189 e. The number of fused-ring (bicyclic) bond motifs is 1. The maximum absolute atomic E-state index is 5.46. The Balaban J connectivity index is 2.31. The summed E-state index contributed by atoms with van der Waals surface area (Å²) in [6.07, 6.45) is 5.73. The van der Waals surface area contributed by atoms with Crippen molar-refractivity contribution < 1.29 is 9.47 Å². The normalized spacial score (nSPS) is 23.9. The summed E-state index contributed by atoms with van der Waals surface area (Å²) < 4.78 is 10.7. The first-order valence-electron chi connectivity index (χ1n) is 4.47. The summed E-state index contributed by atoms with van der Waals surface area (Å²) in [7, 11) is 0. The lowest BCUT2D eigenvalue weighted by Gasteiger charge is -2.15. The molecule has 0 unspecified atom stereocenters. The first-order chi connectivity index (χ1) is 5.88. The molecule has 0 saturated heterocycles. The van der Waals surface area contributed by atoms with E-state index in [1.807, 2.05) is 0 Å².